The normalized spacial score (nSPS) is 41.2. The van der Waals surface area contributed by atoms with Crippen LogP contribution in [-0.4, -0.2) is 103 Å². The number of benzene rings is 2. The molecule has 0 amide bonds. The Morgan fingerprint density at radius 3 is 1.63 bits per heavy atom. The maximum atomic E-state index is 10.5. The highest BCUT2D eigenvalue weighted by Crippen LogP contribution is 2.55. The molecule has 8 N–H and O–H groups in total. The zero-order valence-corrected chi connectivity index (χ0v) is 21.0. The molecule has 0 spiro atoms. The average molecular weight is 533 g/mol. The zero-order valence-electron chi connectivity index (χ0n) is 21.0. The van der Waals surface area contributed by atoms with Crippen molar-refractivity contribution in [3.8, 4) is 0 Å². The van der Waals surface area contributed by atoms with Crippen molar-refractivity contribution in [2.75, 3.05) is 13.2 Å². The summed E-state index contributed by atoms with van der Waals surface area (Å²) in [5, 5.41) is 80.1. The fraction of sp³-hybridized carbons (Fsp3) is 0.571. The minimum atomic E-state index is -1.43. The van der Waals surface area contributed by atoms with Gasteiger partial charge < -0.3 is 50.3 Å². The van der Waals surface area contributed by atoms with Gasteiger partial charge in [-0.05, 0) is 53.0 Å². The first-order valence-corrected chi connectivity index (χ1v) is 13.0. The third-order valence-corrected chi connectivity index (χ3v) is 8.30. The lowest BCUT2D eigenvalue weighted by molar-refractivity contribution is -0.231. The molecule has 5 rings (SSSR count). The van der Waals surface area contributed by atoms with E-state index in [1.807, 2.05) is 49.4 Å². The van der Waals surface area contributed by atoms with Gasteiger partial charge in [-0.25, -0.2) is 0 Å². The van der Waals surface area contributed by atoms with Crippen molar-refractivity contribution in [1.29, 1.82) is 0 Å². The number of ether oxygens (including phenoxy) is 2. The predicted molar refractivity (Wildman–Crippen MR) is 133 cm³/mol. The molecule has 2 saturated heterocycles. The van der Waals surface area contributed by atoms with Crippen LogP contribution in [0.3, 0.4) is 0 Å². The van der Waals surface area contributed by atoms with Gasteiger partial charge in [-0.2, -0.15) is 0 Å². The van der Waals surface area contributed by atoms with Crippen molar-refractivity contribution in [1.82, 2.24) is 0 Å². The standard InChI is InChI=1S/C28H36O10/c1-12-8-15(6-7-16(12)28-26(36)24(34)22(32)20(11-30)38-28)18-9-17(18)13-2-4-14(5-3-13)27-25(35)23(33)21(31)19(10-29)37-27/h2-8,17-36H,9-11H2,1H3/t17?,18?,19-,20-,21-,22-,23+,24+,25+,26-,27-,28-/m1/s1. The monoisotopic (exact) mass is 532 g/mol. The predicted octanol–water partition coefficient (Wildman–Crippen LogP) is -0.704. The second-order valence-electron chi connectivity index (χ2n) is 10.7. The van der Waals surface area contributed by atoms with Gasteiger partial charge in [0.1, 0.15) is 61.0 Å². The SMILES string of the molecule is Cc1cc(C2CC2c2ccc([C@H]3O[C@H](CO)[C@@H](O)[C@H](O)[C@@H]3O)cc2)ccc1[C@H]1O[C@H](CO)[C@@H](O)[C@H](O)[C@H]1O. The molecule has 2 aliphatic heterocycles. The van der Waals surface area contributed by atoms with E-state index in [1.165, 1.54) is 0 Å². The average Bonchev–Trinajstić information content (AvgIpc) is 3.72. The Hall–Kier alpha value is -1.96. The van der Waals surface area contributed by atoms with Crippen molar-refractivity contribution >= 4 is 0 Å². The summed E-state index contributed by atoms with van der Waals surface area (Å²) in [5.74, 6) is 0.576. The van der Waals surface area contributed by atoms with E-state index in [2.05, 4.69) is 0 Å². The maximum Gasteiger partial charge on any atom is 0.113 e. The molecule has 2 unspecified atom stereocenters. The van der Waals surface area contributed by atoms with Crippen molar-refractivity contribution in [2.24, 2.45) is 0 Å². The second kappa shape index (κ2) is 10.9. The van der Waals surface area contributed by atoms with Crippen LogP contribution in [0.1, 0.15) is 58.3 Å². The summed E-state index contributed by atoms with van der Waals surface area (Å²) in [6.45, 7) is 0.947. The lowest BCUT2D eigenvalue weighted by Gasteiger charge is -2.40. The van der Waals surface area contributed by atoms with E-state index in [-0.39, 0.29) is 11.8 Å². The summed E-state index contributed by atoms with van der Waals surface area (Å²) in [6.07, 6.45) is -11.0. The first kappa shape index (κ1) is 27.6. The summed E-state index contributed by atoms with van der Waals surface area (Å²) in [6, 6.07) is 13.4. The highest BCUT2D eigenvalue weighted by Gasteiger charge is 2.46. The third-order valence-electron chi connectivity index (χ3n) is 8.30. The minimum absolute atomic E-state index is 0.288. The van der Waals surface area contributed by atoms with Gasteiger partial charge in [0.15, 0.2) is 0 Å². The molecule has 38 heavy (non-hydrogen) atoms. The molecule has 0 aromatic heterocycles. The Kier molecular flexibility index (Phi) is 7.92. The van der Waals surface area contributed by atoms with Gasteiger partial charge in [-0.1, -0.05) is 42.5 Å². The fourth-order valence-electron chi connectivity index (χ4n) is 5.85. The number of hydrogen-bond acceptors (Lipinski definition) is 10. The van der Waals surface area contributed by atoms with Crippen LogP contribution in [-0.2, 0) is 9.47 Å². The van der Waals surface area contributed by atoms with E-state index in [1.54, 1.807) is 0 Å². The lowest BCUT2D eigenvalue weighted by atomic mass is 9.88. The van der Waals surface area contributed by atoms with Crippen LogP contribution in [0.25, 0.3) is 0 Å². The molecule has 2 aromatic rings. The molecule has 3 fully saturated rings. The maximum absolute atomic E-state index is 10.5. The van der Waals surface area contributed by atoms with E-state index in [0.717, 1.165) is 23.1 Å². The van der Waals surface area contributed by atoms with Crippen LogP contribution in [0.5, 0.6) is 0 Å². The first-order valence-electron chi connectivity index (χ1n) is 13.0. The van der Waals surface area contributed by atoms with E-state index in [0.29, 0.717) is 11.1 Å². The Balaban J connectivity index is 1.27. The van der Waals surface area contributed by atoms with Gasteiger partial charge in [-0.15, -0.1) is 0 Å². The van der Waals surface area contributed by atoms with Crippen molar-refractivity contribution in [3.05, 3.63) is 70.3 Å². The van der Waals surface area contributed by atoms with Gasteiger partial charge in [0.2, 0.25) is 0 Å². The summed E-state index contributed by atoms with van der Waals surface area (Å²) in [7, 11) is 0. The molecular formula is C28H36O10. The molecule has 3 aliphatic rings. The molecule has 2 aromatic carbocycles. The van der Waals surface area contributed by atoms with Crippen LogP contribution in [0, 0.1) is 6.92 Å². The number of aliphatic hydroxyl groups excluding tert-OH is 8. The molecule has 1 saturated carbocycles. The van der Waals surface area contributed by atoms with Gasteiger partial charge >= 0.3 is 0 Å². The van der Waals surface area contributed by atoms with Crippen molar-refractivity contribution in [3.63, 3.8) is 0 Å². The number of aryl methyl sites for hydroxylation is 1. The molecule has 0 radical (unpaired) electrons. The Morgan fingerprint density at radius 1 is 0.605 bits per heavy atom. The van der Waals surface area contributed by atoms with Gasteiger partial charge in [0.05, 0.1) is 13.2 Å². The summed E-state index contributed by atoms with van der Waals surface area (Å²) < 4.78 is 11.4. The van der Waals surface area contributed by atoms with Crippen LogP contribution in [0.2, 0.25) is 0 Å². The van der Waals surface area contributed by atoms with Gasteiger partial charge in [0.25, 0.3) is 0 Å². The van der Waals surface area contributed by atoms with Crippen molar-refractivity contribution in [2.45, 2.75) is 86.2 Å². The third kappa shape index (κ3) is 4.90. The van der Waals surface area contributed by atoms with E-state index in [4.69, 9.17) is 9.47 Å². The molecular weight excluding hydrogens is 496 g/mol. The molecule has 10 nitrogen and oxygen atoms in total. The first-order chi connectivity index (χ1) is 18.2. The minimum Gasteiger partial charge on any atom is -0.394 e. The summed E-state index contributed by atoms with van der Waals surface area (Å²) in [5.41, 5.74) is 4.43. The molecule has 2 heterocycles. The van der Waals surface area contributed by atoms with Crippen molar-refractivity contribution < 1.29 is 50.3 Å². The van der Waals surface area contributed by atoms with Gasteiger partial charge in [-0.3, -0.25) is 0 Å². The highest BCUT2D eigenvalue weighted by atomic mass is 16.6. The molecule has 1 aliphatic carbocycles. The van der Waals surface area contributed by atoms with E-state index in [9.17, 15) is 40.9 Å². The van der Waals surface area contributed by atoms with Crippen LogP contribution in [0.4, 0.5) is 0 Å². The summed E-state index contributed by atoms with van der Waals surface area (Å²) >= 11 is 0. The molecule has 10 heteroatoms. The Morgan fingerprint density at radius 2 is 1.08 bits per heavy atom. The fourth-order valence-corrected chi connectivity index (χ4v) is 5.85. The number of hydrogen-bond donors (Lipinski definition) is 8. The van der Waals surface area contributed by atoms with Crippen LogP contribution < -0.4 is 0 Å². The highest BCUT2D eigenvalue weighted by molar-refractivity contribution is 5.42. The van der Waals surface area contributed by atoms with Crippen LogP contribution >= 0.6 is 0 Å². The quantitative estimate of drug-likeness (QED) is 0.237. The summed E-state index contributed by atoms with van der Waals surface area (Å²) in [4.78, 5) is 0. The van der Waals surface area contributed by atoms with E-state index < -0.39 is 74.3 Å². The molecule has 0 bridgehead atoms. The molecule has 208 valence electrons. The smallest absolute Gasteiger partial charge is 0.113 e. The zero-order chi connectivity index (χ0) is 27.3. The Labute approximate surface area is 220 Å². The molecule has 12 atom stereocenters. The van der Waals surface area contributed by atoms with Gasteiger partial charge in [0, 0.05) is 0 Å². The van der Waals surface area contributed by atoms with Crippen LogP contribution in [0.15, 0.2) is 42.5 Å². The second-order valence-corrected chi connectivity index (χ2v) is 10.7. The van der Waals surface area contributed by atoms with E-state index >= 15 is 0 Å². The topological polar surface area (TPSA) is 180 Å². The number of aliphatic hydroxyl groups is 8. The lowest BCUT2D eigenvalue weighted by Crippen LogP contribution is -2.55. The Bertz CT molecular complexity index is 1110. The number of rotatable bonds is 6. The largest absolute Gasteiger partial charge is 0.394 e.